The molecular formula is C19H19FN2O3S. The van der Waals surface area contributed by atoms with Gasteiger partial charge in [-0.3, -0.25) is 0 Å². The van der Waals surface area contributed by atoms with Crippen LogP contribution in [0.25, 0.3) is 10.9 Å². The third kappa shape index (κ3) is 3.08. The SMILES string of the molecule is O=S(=O)(c1ccc(F)cc1)n1ccc2c(OCC3CCCN3)cccc21. The highest BCUT2D eigenvalue weighted by Gasteiger charge is 2.21. The van der Waals surface area contributed by atoms with Crippen LogP contribution in [0, 0.1) is 5.82 Å². The van der Waals surface area contributed by atoms with Crippen LogP contribution in [0.15, 0.2) is 59.6 Å². The van der Waals surface area contributed by atoms with Gasteiger partial charge in [0.05, 0.1) is 10.4 Å². The molecule has 4 rings (SSSR count). The maximum Gasteiger partial charge on any atom is 0.268 e. The van der Waals surface area contributed by atoms with Crippen LogP contribution in [-0.4, -0.2) is 31.6 Å². The van der Waals surface area contributed by atoms with Crippen LogP contribution >= 0.6 is 0 Å². The predicted octanol–water partition coefficient (Wildman–Crippen LogP) is 3.15. The Kier molecular flexibility index (Phi) is 4.42. The summed E-state index contributed by atoms with van der Waals surface area (Å²) in [5.41, 5.74) is 0.534. The van der Waals surface area contributed by atoms with Gasteiger partial charge in [0.25, 0.3) is 10.0 Å². The van der Waals surface area contributed by atoms with Crippen LogP contribution < -0.4 is 10.1 Å². The summed E-state index contributed by atoms with van der Waals surface area (Å²) in [4.78, 5) is 0.0397. The number of rotatable bonds is 5. The van der Waals surface area contributed by atoms with Crippen molar-refractivity contribution in [3.63, 3.8) is 0 Å². The van der Waals surface area contributed by atoms with Gasteiger partial charge in [-0.1, -0.05) is 6.07 Å². The molecule has 26 heavy (non-hydrogen) atoms. The first-order valence-corrected chi connectivity index (χ1v) is 9.97. The fourth-order valence-corrected chi connectivity index (χ4v) is 4.61. The Morgan fingerprint density at radius 1 is 1.15 bits per heavy atom. The molecule has 3 aromatic rings. The Balaban J connectivity index is 1.68. The van der Waals surface area contributed by atoms with Crippen molar-refractivity contribution in [1.82, 2.24) is 9.29 Å². The van der Waals surface area contributed by atoms with Gasteiger partial charge < -0.3 is 10.1 Å². The van der Waals surface area contributed by atoms with Crippen molar-refractivity contribution >= 4 is 20.9 Å². The number of ether oxygens (including phenoxy) is 1. The van der Waals surface area contributed by atoms with E-state index in [2.05, 4.69) is 5.32 Å². The van der Waals surface area contributed by atoms with Gasteiger partial charge in [-0.25, -0.2) is 16.8 Å². The van der Waals surface area contributed by atoms with Crippen molar-refractivity contribution in [2.45, 2.75) is 23.8 Å². The monoisotopic (exact) mass is 374 g/mol. The quantitative estimate of drug-likeness (QED) is 0.745. The van der Waals surface area contributed by atoms with E-state index >= 15 is 0 Å². The van der Waals surface area contributed by atoms with E-state index < -0.39 is 15.8 Å². The molecule has 0 saturated carbocycles. The molecule has 7 heteroatoms. The predicted molar refractivity (Wildman–Crippen MR) is 97.4 cm³/mol. The zero-order valence-corrected chi connectivity index (χ0v) is 14.9. The number of nitrogens with zero attached hydrogens (tertiary/aromatic N) is 1. The average Bonchev–Trinajstić information content (AvgIpc) is 3.30. The van der Waals surface area contributed by atoms with E-state index in [1.54, 1.807) is 18.2 Å². The molecule has 0 bridgehead atoms. The first kappa shape index (κ1) is 17.1. The van der Waals surface area contributed by atoms with E-state index in [-0.39, 0.29) is 4.90 Å². The summed E-state index contributed by atoms with van der Waals surface area (Å²) in [6.07, 6.45) is 3.73. The van der Waals surface area contributed by atoms with Gasteiger partial charge in [0.1, 0.15) is 18.2 Å². The average molecular weight is 374 g/mol. The molecule has 2 heterocycles. The van der Waals surface area contributed by atoms with Crippen LogP contribution in [0.3, 0.4) is 0 Å². The number of fused-ring (bicyclic) bond motifs is 1. The van der Waals surface area contributed by atoms with E-state index in [4.69, 9.17) is 4.74 Å². The van der Waals surface area contributed by atoms with Gasteiger partial charge in [-0.05, 0) is 61.9 Å². The summed E-state index contributed by atoms with van der Waals surface area (Å²) >= 11 is 0. The lowest BCUT2D eigenvalue weighted by atomic mass is 10.2. The minimum absolute atomic E-state index is 0.0397. The van der Waals surface area contributed by atoms with Crippen molar-refractivity contribution in [1.29, 1.82) is 0 Å². The van der Waals surface area contributed by atoms with Crippen molar-refractivity contribution in [2.75, 3.05) is 13.2 Å². The van der Waals surface area contributed by atoms with Gasteiger partial charge in [-0.2, -0.15) is 0 Å². The number of aromatic nitrogens is 1. The van der Waals surface area contributed by atoms with Gasteiger partial charge in [0.15, 0.2) is 0 Å². The highest BCUT2D eigenvalue weighted by atomic mass is 32.2. The van der Waals surface area contributed by atoms with Crippen LogP contribution in [-0.2, 0) is 10.0 Å². The molecule has 1 N–H and O–H groups in total. The third-order valence-electron chi connectivity index (χ3n) is 4.63. The largest absolute Gasteiger partial charge is 0.491 e. The molecule has 1 aliphatic rings. The zero-order valence-electron chi connectivity index (χ0n) is 14.1. The number of nitrogens with one attached hydrogen (secondary N) is 1. The van der Waals surface area contributed by atoms with E-state index in [0.717, 1.165) is 36.9 Å². The number of hydrogen-bond acceptors (Lipinski definition) is 4. The van der Waals surface area contributed by atoms with E-state index in [0.29, 0.717) is 23.9 Å². The Bertz CT molecular complexity index is 1020. The minimum Gasteiger partial charge on any atom is -0.491 e. The summed E-state index contributed by atoms with van der Waals surface area (Å²) in [5, 5.41) is 4.11. The molecule has 0 radical (unpaired) electrons. The first-order chi connectivity index (χ1) is 12.6. The lowest BCUT2D eigenvalue weighted by Gasteiger charge is -2.13. The molecule has 136 valence electrons. The molecule has 0 amide bonds. The summed E-state index contributed by atoms with van der Waals surface area (Å²) in [6, 6.07) is 12.2. The van der Waals surface area contributed by atoms with Crippen LogP contribution in [0.2, 0.25) is 0 Å². The summed E-state index contributed by atoms with van der Waals surface area (Å²) in [6.45, 7) is 1.56. The van der Waals surface area contributed by atoms with E-state index in [9.17, 15) is 12.8 Å². The van der Waals surface area contributed by atoms with Gasteiger partial charge >= 0.3 is 0 Å². The second-order valence-corrected chi connectivity index (χ2v) is 8.18. The molecule has 1 fully saturated rings. The molecular weight excluding hydrogens is 355 g/mol. The molecule has 5 nitrogen and oxygen atoms in total. The van der Waals surface area contributed by atoms with Crippen molar-refractivity contribution in [3.8, 4) is 5.75 Å². The maximum absolute atomic E-state index is 13.1. The van der Waals surface area contributed by atoms with E-state index in [1.807, 2.05) is 6.07 Å². The highest BCUT2D eigenvalue weighted by molar-refractivity contribution is 7.90. The summed E-state index contributed by atoms with van der Waals surface area (Å²) in [5.74, 6) is 0.182. The van der Waals surface area contributed by atoms with Gasteiger partial charge in [-0.15, -0.1) is 0 Å². The Labute approximate surface area is 151 Å². The molecule has 1 aromatic heterocycles. The molecule has 0 spiro atoms. The molecule has 0 aliphatic carbocycles. The lowest BCUT2D eigenvalue weighted by Crippen LogP contribution is -2.28. The molecule has 1 saturated heterocycles. The molecule has 1 atom stereocenters. The standard InChI is InChI=1S/C19H19FN2O3S/c20-14-6-8-16(9-7-14)26(23,24)22-12-10-17-18(22)4-1-5-19(17)25-13-15-3-2-11-21-15/h1,4-10,12,15,21H,2-3,11,13H2. The first-order valence-electron chi connectivity index (χ1n) is 8.53. The maximum atomic E-state index is 13.1. The van der Waals surface area contributed by atoms with Crippen LogP contribution in [0.4, 0.5) is 4.39 Å². The summed E-state index contributed by atoms with van der Waals surface area (Å²) < 4.78 is 46.0. The summed E-state index contributed by atoms with van der Waals surface area (Å²) in [7, 11) is -3.80. The Morgan fingerprint density at radius 2 is 1.96 bits per heavy atom. The number of halogens is 1. The van der Waals surface area contributed by atoms with Crippen LogP contribution in [0.1, 0.15) is 12.8 Å². The van der Waals surface area contributed by atoms with Gasteiger partial charge in [0, 0.05) is 17.6 Å². The van der Waals surface area contributed by atoms with Crippen LogP contribution in [0.5, 0.6) is 5.75 Å². The fourth-order valence-electron chi connectivity index (χ4n) is 3.26. The normalized spacial score (nSPS) is 17.7. The highest BCUT2D eigenvalue weighted by Crippen LogP contribution is 2.29. The second kappa shape index (κ2) is 6.74. The molecule has 1 unspecified atom stereocenters. The smallest absolute Gasteiger partial charge is 0.268 e. The topological polar surface area (TPSA) is 60.3 Å². The van der Waals surface area contributed by atoms with E-state index in [1.165, 1.54) is 22.3 Å². The Hall–Kier alpha value is -2.38. The van der Waals surface area contributed by atoms with Crippen molar-refractivity contribution < 1.29 is 17.5 Å². The zero-order chi connectivity index (χ0) is 18.1. The van der Waals surface area contributed by atoms with Crippen molar-refractivity contribution in [3.05, 3.63) is 60.5 Å². The minimum atomic E-state index is -3.80. The Morgan fingerprint density at radius 3 is 2.69 bits per heavy atom. The number of hydrogen-bond donors (Lipinski definition) is 1. The third-order valence-corrected chi connectivity index (χ3v) is 6.33. The lowest BCUT2D eigenvalue weighted by molar-refractivity contribution is 0.280. The number of benzene rings is 2. The second-order valence-electron chi connectivity index (χ2n) is 6.36. The van der Waals surface area contributed by atoms with Crippen molar-refractivity contribution in [2.24, 2.45) is 0 Å². The molecule has 2 aromatic carbocycles. The molecule has 1 aliphatic heterocycles. The van der Waals surface area contributed by atoms with Gasteiger partial charge in [0.2, 0.25) is 0 Å². The fraction of sp³-hybridized carbons (Fsp3) is 0.263.